The molecule has 1 fully saturated rings. The largest absolute Gasteiger partial charge is 0.366 e. The first-order valence-corrected chi connectivity index (χ1v) is 8.70. The van der Waals surface area contributed by atoms with Crippen molar-refractivity contribution >= 4 is 35.6 Å². The molecule has 148 valence electrons. The Morgan fingerprint density at radius 3 is 2.59 bits per heavy atom. The second-order valence-electron chi connectivity index (χ2n) is 6.11. The molecule has 0 spiro atoms. The van der Waals surface area contributed by atoms with Crippen LogP contribution >= 0.6 is 24.0 Å². The van der Waals surface area contributed by atoms with E-state index in [2.05, 4.69) is 20.4 Å². The van der Waals surface area contributed by atoms with Gasteiger partial charge in [-0.1, -0.05) is 12.1 Å². The molecule has 0 bridgehead atoms. The standard InChI is InChI=1S/C18H23F2N5O.HI/c1-3-14-11-15(26-23-14)12-22-18(21-2)25-8-6-24(7-9-25)17-10-13(19)4-5-16(17)20;/h4-5,10-11H,3,6-9,12H2,1-2H3,(H,21,22);1H. The molecule has 2 heterocycles. The predicted octanol–water partition coefficient (Wildman–Crippen LogP) is 3.03. The molecule has 3 rings (SSSR count). The van der Waals surface area contributed by atoms with E-state index in [4.69, 9.17) is 4.52 Å². The molecule has 0 unspecified atom stereocenters. The number of hydrogen-bond acceptors (Lipinski definition) is 4. The van der Waals surface area contributed by atoms with E-state index in [1.165, 1.54) is 12.1 Å². The maximum Gasteiger partial charge on any atom is 0.194 e. The van der Waals surface area contributed by atoms with E-state index >= 15 is 0 Å². The van der Waals surface area contributed by atoms with Crippen molar-refractivity contribution in [2.24, 2.45) is 4.99 Å². The van der Waals surface area contributed by atoms with Gasteiger partial charge in [0.05, 0.1) is 17.9 Å². The summed E-state index contributed by atoms with van der Waals surface area (Å²) in [6.07, 6.45) is 0.830. The second-order valence-corrected chi connectivity index (χ2v) is 6.11. The summed E-state index contributed by atoms with van der Waals surface area (Å²) in [5, 5.41) is 7.23. The minimum Gasteiger partial charge on any atom is -0.366 e. The van der Waals surface area contributed by atoms with Gasteiger partial charge < -0.3 is 19.6 Å². The molecule has 1 aromatic heterocycles. The molecule has 27 heavy (non-hydrogen) atoms. The zero-order chi connectivity index (χ0) is 18.5. The van der Waals surface area contributed by atoms with Gasteiger partial charge in [0.15, 0.2) is 11.7 Å². The molecular formula is C18H24F2IN5O. The van der Waals surface area contributed by atoms with Crippen molar-refractivity contribution in [2.75, 3.05) is 38.1 Å². The first kappa shape index (κ1) is 21.4. The Balaban J connectivity index is 0.00000261. The van der Waals surface area contributed by atoms with Gasteiger partial charge in [0.1, 0.15) is 11.6 Å². The van der Waals surface area contributed by atoms with Crippen LogP contribution in [0.15, 0.2) is 33.8 Å². The van der Waals surface area contributed by atoms with E-state index in [0.717, 1.165) is 29.9 Å². The number of guanidine groups is 1. The number of benzene rings is 1. The number of piperazine rings is 1. The van der Waals surface area contributed by atoms with Gasteiger partial charge in [0.2, 0.25) is 0 Å². The van der Waals surface area contributed by atoms with Gasteiger partial charge in [0, 0.05) is 45.4 Å². The highest BCUT2D eigenvalue weighted by Gasteiger charge is 2.22. The van der Waals surface area contributed by atoms with Crippen LogP contribution in [-0.4, -0.2) is 49.2 Å². The Morgan fingerprint density at radius 2 is 1.96 bits per heavy atom. The number of aliphatic imine (C=N–C) groups is 1. The molecule has 1 aliphatic heterocycles. The van der Waals surface area contributed by atoms with Crippen LogP contribution in [0, 0.1) is 11.6 Å². The zero-order valence-electron chi connectivity index (χ0n) is 15.4. The minimum absolute atomic E-state index is 0. The first-order valence-electron chi connectivity index (χ1n) is 8.70. The number of nitrogens with one attached hydrogen (secondary N) is 1. The monoisotopic (exact) mass is 491 g/mol. The van der Waals surface area contributed by atoms with Crippen LogP contribution in [-0.2, 0) is 13.0 Å². The molecule has 0 amide bonds. The lowest BCUT2D eigenvalue weighted by molar-refractivity contribution is 0.355. The average molecular weight is 491 g/mol. The molecule has 0 saturated carbocycles. The highest BCUT2D eigenvalue weighted by Crippen LogP contribution is 2.22. The highest BCUT2D eigenvalue weighted by molar-refractivity contribution is 14.0. The van der Waals surface area contributed by atoms with Crippen LogP contribution in [0.5, 0.6) is 0 Å². The van der Waals surface area contributed by atoms with Gasteiger partial charge in [-0.05, 0) is 18.6 Å². The fourth-order valence-corrected chi connectivity index (χ4v) is 2.99. The minimum atomic E-state index is -0.431. The van der Waals surface area contributed by atoms with E-state index in [-0.39, 0.29) is 24.0 Å². The number of halogens is 3. The molecular weight excluding hydrogens is 467 g/mol. The van der Waals surface area contributed by atoms with E-state index in [1.807, 2.05) is 17.9 Å². The second kappa shape index (κ2) is 9.86. The number of aryl methyl sites for hydroxylation is 1. The summed E-state index contributed by atoms with van der Waals surface area (Å²) in [7, 11) is 1.72. The maximum atomic E-state index is 13.9. The smallest absolute Gasteiger partial charge is 0.194 e. The first-order chi connectivity index (χ1) is 12.6. The summed E-state index contributed by atoms with van der Waals surface area (Å²) < 4.78 is 32.6. The molecule has 1 aromatic carbocycles. The molecule has 0 aliphatic carbocycles. The number of anilines is 1. The van der Waals surface area contributed by atoms with Gasteiger partial charge in [-0.3, -0.25) is 4.99 Å². The fraction of sp³-hybridized carbons (Fsp3) is 0.444. The number of rotatable bonds is 4. The lowest BCUT2D eigenvalue weighted by Gasteiger charge is -2.37. The SMILES string of the molecule is CCc1cc(CNC(=NC)N2CCN(c3cc(F)ccc3F)CC2)on1.I. The highest BCUT2D eigenvalue weighted by atomic mass is 127. The van der Waals surface area contributed by atoms with Crippen LogP contribution in [0.1, 0.15) is 18.4 Å². The fourth-order valence-electron chi connectivity index (χ4n) is 2.99. The molecule has 1 aliphatic rings. The van der Waals surface area contributed by atoms with Gasteiger partial charge >= 0.3 is 0 Å². The molecule has 9 heteroatoms. The van der Waals surface area contributed by atoms with Gasteiger partial charge in [-0.2, -0.15) is 0 Å². The zero-order valence-corrected chi connectivity index (χ0v) is 17.7. The lowest BCUT2D eigenvalue weighted by Crippen LogP contribution is -2.52. The Kier molecular flexibility index (Phi) is 7.81. The predicted molar refractivity (Wildman–Crippen MR) is 112 cm³/mol. The molecule has 0 atom stereocenters. The van der Waals surface area contributed by atoms with E-state index in [0.29, 0.717) is 38.4 Å². The van der Waals surface area contributed by atoms with Gasteiger partial charge in [-0.15, -0.1) is 24.0 Å². The third-order valence-corrected chi connectivity index (χ3v) is 4.43. The normalized spacial score (nSPS) is 14.9. The summed E-state index contributed by atoms with van der Waals surface area (Å²) >= 11 is 0. The van der Waals surface area contributed by atoms with E-state index in [1.54, 1.807) is 7.05 Å². The quantitative estimate of drug-likeness (QED) is 0.405. The summed E-state index contributed by atoms with van der Waals surface area (Å²) in [5.41, 5.74) is 1.23. The molecule has 1 saturated heterocycles. The Bertz CT molecular complexity index is 775. The van der Waals surface area contributed by atoms with Crippen molar-refractivity contribution in [3.8, 4) is 0 Å². The number of aromatic nitrogens is 1. The number of hydrogen-bond donors (Lipinski definition) is 1. The summed E-state index contributed by atoms with van der Waals surface area (Å²) in [5.74, 6) is 0.668. The number of nitrogens with zero attached hydrogens (tertiary/aromatic N) is 4. The average Bonchev–Trinajstić information content (AvgIpc) is 3.13. The Labute approximate surface area is 174 Å². The molecule has 0 radical (unpaired) electrons. The van der Waals surface area contributed by atoms with Crippen LogP contribution < -0.4 is 10.2 Å². The third kappa shape index (κ3) is 5.30. The van der Waals surface area contributed by atoms with Crippen LogP contribution in [0.4, 0.5) is 14.5 Å². The van der Waals surface area contributed by atoms with Crippen molar-refractivity contribution in [1.29, 1.82) is 0 Å². The van der Waals surface area contributed by atoms with Crippen LogP contribution in [0.25, 0.3) is 0 Å². The van der Waals surface area contributed by atoms with E-state index in [9.17, 15) is 8.78 Å². The molecule has 2 aromatic rings. The van der Waals surface area contributed by atoms with Gasteiger partial charge in [-0.25, -0.2) is 8.78 Å². The topological polar surface area (TPSA) is 56.9 Å². The van der Waals surface area contributed by atoms with Crippen molar-refractivity contribution in [3.05, 3.63) is 47.4 Å². The van der Waals surface area contributed by atoms with Crippen molar-refractivity contribution in [3.63, 3.8) is 0 Å². The summed E-state index contributed by atoms with van der Waals surface area (Å²) in [6, 6.07) is 5.46. The van der Waals surface area contributed by atoms with Crippen molar-refractivity contribution in [2.45, 2.75) is 19.9 Å². The van der Waals surface area contributed by atoms with Crippen LogP contribution in [0.3, 0.4) is 0 Å². The maximum absolute atomic E-state index is 13.9. The van der Waals surface area contributed by atoms with Gasteiger partial charge in [0.25, 0.3) is 0 Å². The van der Waals surface area contributed by atoms with Crippen molar-refractivity contribution in [1.82, 2.24) is 15.4 Å². The summed E-state index contributed by atoms with van der Waals surface area (Å²) in [4.78, 5) is 8.24. The summed E-state index contributed by atoms with van der Waals surface area (Å²) in [6.45, 7) is 5.01. The van der Waals surface area contributed by atoms with Crippen LogP contribution in [0.2, 0.25) is 0 Å². The molecule has 1 N–H and O–H groups in total. The lowest BCUT2D eigenvalue weighted by atomic mass is 10.2. The van der Waals surface area contributed by atoms with E-state index < -0.39 is 11.6 Å². The Morgan fingerprint density at radius 1 is 1.22 bits per heavy atom. The molecule has 6 nitrogen and oxygen atoms in total. The third-order valence-electron chi connectivity index (χ3n) is 4.43. The van der Waals surface area contributed by atoms with Crippen molar-refractivity contribution < 1.29 is 13.3 Å². The Hall–Kier alpha value is -1.91.